The average Bonchev–Trinajstić information content (AvgIpc) is 1.94. The molecule has 0 spiro atoms. The molecule has 0 aliphatic rings. The van der Waals surface area contributed by atoms with Gasteiger partial charge in [-0.2, -0.15) is 0 Å². The normalized spacial score (nSPS) is 14.8. The molecule has 3 heteroatoms. The van der Waals surface area contributed by atoms with Crippen molar-refractivity contribution in [1.82, 2.24) is 10.2 Å². The second kappa shape index (κ2) is 6.65. The first-order valence-corrected chi connectivity index (χ1v) is 5.74. The van der Waals surface area contributed by atoms with Crippen molar-refractivity contribution in [2.24, 2.45) is 5.41 Å². The molecular formula is C11H25ClN2. The molecule has 0 fully saturated rings. The van der Waals surface area contributed by atoms with Crippen LogP contribution in [0.3, 0.4) is 0 Å². The summed E-state index contributed by atoms with van der Waals surface area (Å²) in [6.07, 6.45) is 1.06. The van der Waals surface area contributed by atoms with Gasteiger partial charge in [-0.3, -0.25) is 0 Å². The van der Waals surface area contributed by atoms with Crippen molar-refractivity contribution in [2.75, 3.05) is 33.7 Å². The van der Waals surface area contributed by atoms with Gasteiger partial charge in [0.1, 0.15) is 0 Å². The molecule has 0 aliphatic carbocycles. The minimum atomic E-state index is 0.247. The van der Waals surface area contributed by atoms with Crippen molar-refractivity contribution >= 4 is 11.6 Å². The van der Waals surface area contributed by atoms with E-state index in [0.717, 1.165) is 26.1 Å². The molecule has 0 saturated carbocycles. The van der Waals surface area contributed by atoms with Crippen LogP contribution in [0.15, 0.2) is 0 Å². The van der Waals surface area contributed by atoms with Crippen LogP contribution >= 0.6 is 11.6 Å². The summed E-state index contributed by atoms with van der Waals surface area (Å²) < 4.78 is 0. The summed E-state index contributed by atoms with van der Waals surface area (Å²) in [6, 6.07) is 0. The average molecular weight is 221 g/mol. The quantitative estimate of drug-likeness (QED) is 0.546. The van der Waals surface area contributed by atoms with Gasteiger partial charge in [0.2, 0.25) is 0 Å². The van der Waals surface area contributed by atoms with Gasteiger partial charge in [-0.25, -0.2) is 0 Å². The van der Waals surface area contributed by atoms with E-state index in [1.165, 1.54) is 0 Å². The molecule has 0 amide bonds. The molecule has 0 saturated heterocycles. The molecule has 0 aliphatic heterocycles. The lowest BCUT2D eigenvalue weighted by molar-refractivity contribution is 0.357. The predicted molar refractivity (Wildman–Crippen MR) is 65.1 cm³/mol. The highest BCUT2D eigenvalue weighted by Crippen LogP contribution is 2.22. The van der Waals surface area contributed by atoms with E-state index in [9.17, 15) is 0 Å². The predicted octanol–water partition coefficient (Wildman–Crippen LogP) is 2.18. The lowest BCUT2D eigenvalue weighted by atomic mass is 9.90. The van der Waals surface area contributed by atoms with Crippen LogP contribution in [-0.4, -0.2) is 44.0 Å². The van der Waals surface area contributed by atoms with Crippen LogP contribution in [0, 0.1) is 5.41 Å². The molecule has 0 heterocycles. The Kier molecular flexibility index (Phi) is 6.75. The van der Waals surface area contributed by atoms with E-state index in [1.54, 1.807) is 0 Å². The third kappa shape index (κ3) is 10.3. The van der Waals surface area contributed by atoms with E-state index < -0.39 is 0 Å². The van der Waals surface area contributed by atoms with Crippen LogP contribution in [0.1, 0.15) is 27.2 Å². The molecule has 86 valence electrons. The van der Waals surface area contributed by atoms with Crippen LogP contribution < -0.4 is 5.32 Å². The van der Waals surface area contributed by atoms with Gasteiger partial charge in [0.05, 0.1) is 0 Å². The largest absolute Gasteiger partial charge is 0.314 e. The molecule has 2 nitrogen and oxygen atoms in total. The summed E-state index contributed by atoms with van der Waals surface area (Å²) in [5.74, 6) is 0. The molecule has 0 rings (SSSR count). The van der Waals surface area contributed by atoms with Crippen LogP contribution in [-0.2, 0) is 0 Å². The molecule has 0 aromatic carbocycles. The zero-order valence-electron chi connectivity index (χ0n) is 10.2. The first kappa shape index (κ1) is 14.2. The third-order valence-corrected chi connectivity index (χ3v) is 2.24. The van der Waals surface area contributed by atoms with Crippen LogP contribution in [0.5, 0.6) is 0 Å². The summed E-state index contributed by atoms with van der Waals surface area (Å²) >= 11 is 6.20. The minimum absolute atomic E-state index is 0.247. The van der Waals surface area contributed by atoms with E-state index in [2.05, 4.69) is 45.1 Å². The maximum absolute atomic E-state index is 6.20. The SMILES string of the molecule is CN(C)CCNCC(Cl)CC(C)(C)C. The minimum Gasteiger partial charge on any atom is -0.314 e. The van der Waals surface area contributed by atoms with Crippen molar-refractivity contribution in [1.29, 1.82) is 0 Å². The van der Waals surface area contributed by atoms with Crippen LogP contribution in [0.4, 0.5) is 0 Å². The topological polar surface area (TPSA) is 15.3 Å². The zero-order valence-corrected chi connectivity index (χ0v) is 11.0. The second-order valence-electron chi connectivity index (χ2n) is 5.37. The lowest BCUT2D eigenvalue weighted by Gasteiger charge is -2.22. The number of nitrogens with one attached hydrogen (secondary N) is 1. The summed E-state index contributed by atoms with van der Waals surface area (Å²) in [5, 5.41) is 3.61. The fraction of sp³-hybridized carbons (Fsp3) is 1.00. The Hall–Kier alpha value is 0.210. The fourth-order valence-corrected chi connectivity index (χ4v) is 1.87. The smallest absolute Gasteiger partial charge is 0.0465 e. The highest BCUT2D eigenvalue weighted by molar-refractivity contribution is 6.20. The number of rotatable bonds is 6. The number of nitrogens with zero attached hydrogens (tertiary/aromatic N) is 1. The van der Waals surface area contributed by atoms with E-state index >= 15 is 0 Å². The molecule has 0 bridgehead atoms. The number of alkyl halides is 1. The number of likely N-dealkylation sites (N-methyl/N-ethyl adjacent to an activating group) is 1. The van der Waals surface area contributed by atoms with E-state index in [4.69, 9.17) is 11.6 Å². The standard InChI is InChI=1S/C11H25ClN2/c1-11(2,3)8-10(12)9-13-6-7-14(4)5/h10,13H,6-9H2,1-5H3. The van der Waals surface area contributed by atoms with Gasteiger partial charge in [0.25, 0.3) is 0 Å². The molecule has 0 aromatic rings. The van der Waals surface area contributed by atoms with E-state index in [1.807, 2.05) is 0 Å². The van der Waals surface area contributed by atoms with Gasteiger partial charge >= 0.3 is 0 Å². The van der Waals surface area contributed by atoms with Gasteiger partial charge in [-0.05, 0) is 25.9 Å². The zero-order chi connectivity index (χ0) is 11.2. The molecule has 0 aromatic heterocycles. The monoisotopic (exact) mass is 220 g/mol. The van der Waals surface area contributed by atoms with Crippen molar-refractivity contribution in [3.8, 4) is 0 Å². The highest BCUT2D eigenvalue weighted by atomic mass is 35.5. The Balaban J connectivity index is 3.40. The van der Waals surface area contributed by atoms with Crippen LogP contribution in [0.25, 0.3) is 0 Å². The number of hydrogen-bond donors (Lipinski definition) is 1. The molecule has 1 unspecified atom stereocenters. The van der Waals surface area contributed by atoms with E-state index in [0.29, 0.717) is 5.41 Å². The molecule has 1 atom stereocenters. The van der Waals surface area contributed by atoms with Gasteiger partial charge in [0.15, 0.2) is 0 Å². The summed E-state index contributed by atoms with van der Waals surface area (Å²) in [4.78, 5) is 2.17. The Bertz CT molecular complexity index is 141. The third-order valence-electron chi connectivity index (χ3n) is 1.94. The summed E-state index contributed by atoms with van der Waals surface area (Å²) in [5.41, 5.74) is 0.329. The first-order valence-electron chi connectivity index (χ1n) is 5.31. The Morgan fingerprint density at radius 3 is 2.29 bits per heavy atom. The van der Waals surface area contributed by atoms with Crippen molar-refractivity contribution in [2.45, 2.75) is 32.6 Å². The van der Waals surface area contributed by atoms with Crippen molar-refractivity contribution in [3.05, 3.63) is 0 Å². The number of hydrogen-bond acceptors (Lipinski definition) is 2. The molecule has 14 heavy (non-hydrogen) atoms. The van der Waals surface area contributed by atoms with Crippen molar-refractivity contribution in [3.63, 3.8) is 0 Å². The first-order chi connectivity index (χ1) is 6.31. The summed E-state index contributed by atoms with van der Waals surface area (Å²) in [6.45, 7) is 9.67. The molecule has 0 radical (unpaired) electrons. The highest BCUT2D eigenvalue weighted by Gasteiger charge is 2.16. The molecule has 1 N–H and O–H groups in total. The van der Waals surface area contributed by atoms with Crippen LogP contribution in [0.2, 0.25) is 0 Å². The molecular weight excluding hydrogens is 196 g/mol. The summed E-state index contributed by atoms with van der Waals surface area (Å²) in [7, 11) is 4.16. The van der Waals surface area contributed by atoms with Gasteiger partial charge in [-0.1, -0.05) is 20.8 Å². The maximum Gasteiger partial charge on any atom is 0.0465 e. The van der Waals surface area contributed by atoms with Gasteiger partial charge in [-0.15, -0.1) is 11.6 Å². The lowest BCUT2D eigenvalue weighted by Crippen LogP contribution is -2.32. The Morgan fingerprint density at radius 2 is 1.86 bits per heavy atom. The Labute approximate surface area is 94.0 Å². The van der Waals surface area contributed by atoms with Gasteiger partial charge < -0.3 is 10.2 Å². The second-order valence-corrected chi connectivity index (χ2v) is 5.99. The maximum atomic E-state index is 6.20. The Morgan fingerprint density at radius 1 is 1.29 bits per heavy atom. The van der Waals surface area contributed by atoms with E-state index in [-0.39, 0.29) is 5.38 Å². The number of halogens is 1. The van der Waals surface area contributed by atoms with Gasteiger partial charge in [0, 0.05) is 25.0 Å². The fourth-order valence-electron chi connectivity index (χ4n) is 1.30. The van der Waals surface area contributed by atoms with Crippen molar-refractivity contribution < 1.29 is 0 Å².